The quantitative estimate of drug-likeness (QED) is 0.550. The van der Waals surface area contributed by atoms with Crippen molar-refractivity contribution in [1.82, 2.24) is 0 Å². The minimum atomic E-state index is -4.43. The van der Waals surface area contributed by atoms with Gasteiger partial charge in [0.15, 0.2) is 0 Å². The van der Waals surface area contributed by atoms with Crippen LogP contribution in [0.5, 0.6) is 0 Å². The van der Waals surface area contributed by atoms with E-state index in [1.165, 1.54) is 31.2 Å². The third-order valence-corrected chi connectivity index (χ3v) is 1.96. The van der Waals surface area contributed by atoms with Crippen LogP contribution in [0.15, 0.2) is 29.3 Å². The van der Waals surface area contributed by atoms with Crippen LogP contribution in [0.2, 0.25) is 0 Å². The maximum Gasteiger partial charge on any atom is 0.416 e. The zero-order valence-corrected chi connectivity index (χ0v) is 7.88. The fourth-order valence-corrected chi connectivity index (χ4v) is 1.27. The molecule has 1 aromatic rings. The Morgan fingerprint density at radius 3 is 2.47 bits per heavy atom. The molecular weight excluding hydrogens is 207 g/mol. The first kappa shape index (κ1) is 11.5. The highest BCUT2D eigenvalue weighted by Gasteiger charge is 2.34. The highest BCUT2D eigenvalue weighted by Crippen LogP contribution is 2.35. The van der Waals surface area contributed by atoms with Crippen LogP contribution in [0.4, 0.5) is 13.2 Å². The van der Waals surface area contributed by atoms with Gasteiger partial charge in [-0.1, -0.05) is 18.2 Å². The van der Waals surface area contributed by atoms with E-state index in [-0.39, 0.29) is 5.56 Å². The van der Waals surface area contributed by atoms with Gasteiger partial charge in [0, 0.05) is 0 Å². The third-order valence-electron chi connectivity index (χ3n) is 1.96. The van der Waals surface area contributed by atoms with E-state index >= 15 is 0 Å². The summed E-state index contributed by atoms with van der Waals surface area (Å²) >= 11 is 0. The van der Waals surface area contributed by atoms with E-state index in [0.29, 0.717) is 0 Å². The van der Waals surface area contributed by atoms with E-state index in [2.05, 4.69) is 4.99 Å². The summed E-state index contributed by atoms with van der Waals surface area (Å²) in [6.07, 6.45) is -3.18. The van der Waals surface area contributed by atoms with Crippen LogP contribution < -0.4 is 0 Å². The molecule has 1 atom stereocenters. The van der Waals surface area contributed by atoms with Crippen molar-refractivity contribution >= 4 is 6.08 Å². The molecule has 5 heteroatoms. The van der Waals surface area contributed by atoms with Crippen molar-refractivity contribution in [2.24, 2.45) is 4.99 Å². The predicted molar refractivity (Wildman–Crippen MR) is 48.0 cm³/mol. The summed E-state index contributed by atoms with van der Waals surface area (Å²) in [5, 5.41) is 0. The molecule has 15 heavy (non-hydrogen) atoms. The molecule has 0 aromatic heterocycles. The highest BCUT2D eigenvalue weighted by molar-refractivity contribution is 5.38. The van der Waals surface area contributed by atoms with Crippen molar-refractivity contribution < 1.29 is 18.0 Å². The molecule has 80 valence electrons. The minimum absolute atomic E-state index is 0.0200. The van der Waals surface area contributed by atoms with Gasteiger partial charge >= 0.3 is 6.18 Å². The molecule has 0 saturated carbocycles. The number of rotatable bonds is 2. The maximum absolute atomic E-state index is 12.5. The molecule has 0 heterocycles. The Labute approximate surface area is 84.4 Å². The Morgan fingerprint density at radius 1 is 1.33 bits per heavy atom. The van der Waals surface area contributed by atoms with Crippen molar-refractivity contribution in [3.63, 3.8) is 0 Å². The van der Waals surface area contributed by atoms with Crippen molar-refractivity contribution in [1.29, 1.82) is 0 Å². The van der Waals surface area contributed by atoms with Crippen molar-refractivity contribution in [2.45, 2.75) is 19.1 Å². The second-order valence-corrected chi connectivity index (χ2v) is 2.98. The summed E-state index contributed by atoms with van der Waals surface area (Å²) in [7, 11) is 0. The van der Waals surface area contributed by atoms with Crippen LogP contribution in [0.25, 0.3) is 0 Å². The molecule has 0 spiro atoms. The lowest BCUT2D eigenvalue weighted by Crippen LogP contribution is -2.10. The lowest BCUT2D eigenvalue weighted by atomic mass is 10.0. The summed E-state index contributed by atoms with van der Waals surface area (Å²) in [6, 6.07) is 4.20. The van der Waals surface area contributed by atoms with Crippen molar-refractivity contribution in [3.05, 3.63) is 35.4 Å². The van der Waals surface area contributed by atoms with Gasteiger partial charge in [0.05, 0.1) is 11.6 Å². The molecule has 0 bridgehead atoms. The molecule has 1 unspecified atom stereocenters. The lowest BCUT2D eigenvalue weighted by molar-refractivity contribution is -0.138. The molecular formula is C10H8F3NO. The van der Waals surface area contributed by atoms with Crippen LogP contribution in [-0.2, 0) is 11.0 Å². The largest absolute Gasteiger partial charge is 0.416 e. The Bertz CT molecular complexity index is 394. The first-order valence-electron chi connectivity index (χ1n) is 4.20. The number of nitrogens with zero attached hydrogens (tertiary/aromatic N) is 1. The van der Waals surface area contributed by atoms with Crippen LogP contribution in [0, 0.1) is 0 Å². The average Bonchev–Trinajstić information content (AvgIpc) is 2.17. The molecule has 0 amide bonds. The van der Waals surface area contributed by atoms with Crippen LogP contribution in [0.1, 0.15) is 24.1 Å². The average molecular weight is 215 g/mol. The van der Waals surface area contributed by atoms with Gasteiger partial charge in [0.1, 0.15) is 0 Å². The van der Waals surface area contributed by atoms with Gasteiger partial charge < -0.3 is 0 Å². The molecule has 0 radical (unpaired) electrons. The monoisotopic (exact) mass is 215 g/mol. The zero-order valence-electron chi connectivity index (χ0n) is 7.88. The van der Waals surface area contributed by atoms with Gasteiger partial charge in [0.2, 0.25) is 6.08 Å². The second-order valence-electron chi connectivity index (χ2n) is 2.98. The molecule has 2 nitrogen and oxygen atoms in total. The molecule has 0 aliphatic rings. The number of isocyanates is 1. The van der Waals surface area contributed by atoms with Gasteiger partial charge in [-0.15, -0.1) is 0 Å². The number of hydrogen-bond donors (Lipinski definition) is 0. The van der Waals surface area contributed by atoms with Crippen LogP contribution >= 0.6 is 0 Å². The Hall–Kier alpha value is -1.61. The van der Waals surface area contributed by atoms with Gasteiger partial charge in [-0.05, 0) is 18.6 Å². The van der Waals surface area contributed by atoms with E-state index in [1.807, 2.05) is 0 Å². The maximum atomic E-state index is 12.5. The Balaban J connectivity index is 3.23. The number of carbonyl (C=O) groups excluding carboxylic acids is 1. The first-order chi connectivity index (χ1) is 6.96. The number of benzene rings is 1. The van der Waals surface area contributed by atoms with Crippen molar-refractivity contribution in [2.75, 3.05) is 0 Å². The molecule has 1 rings (SSSR count). The topological polar surface area (TPSA) is 29.4 Å². The summed E-state index contributed by atoms with van der Waals surface area (Å²) in [5.74, 6) is 0. The minimum Gasteiger partial charge on any atom is -0.211 e. The van der Waals surface area contributed by atoms with Crippen LogP contribution in [0.3, 0.4) is 0 Å². The summed E-state index contributed by atoms with van der Waals surface area (Å²) in [5.41, 5.74) is -0.787. The van der Waals surface area contributed by atoms with E-state index in [1.54, 1.807) is 0 Å². The fourth-order valence-electron chi connectivity index (χ4n) is 1.27. The standard InChI is InChI=1S/C10H8F3NO/c1-7(14-6-15)8-4-2-3-5-9(8)10(11,12)13/h2-5,7H,1H3. The molecule has 0 fully saturated rings. The van der Waals surface area contributed by atoms with E-state index < -0.39 is 17.8 Å². The second kappa shape index (κ2) is 4.28. The smallest absolute Gasteiger partial charge is 0.211 e. The fraction of sp³-hybridized carbons (Fsp3) is 0.300. The summed E-state index contributed by atoms with van der Waals surface area (Å²) in [6.45, 7) is 1.41. The first-order valence-corrected chi connectivity index (χ1v) is 4.20. The summed E-state index contributed by atoms with van der Waals surface area (Å²) in [4.78, 5) is 13.2. The third kappa shape index (κ3) is 2.67. The number of aliphatic imine (C=N–C) groups is 1. The zero-order chi connectivity index (χ0) is 11.5. The molecule has 0 saturated heterocycles. The SMILES string of the molecule is CC(N=C=O)c1ccccc1C(F)(F)F. The Kier molecular flexibility index (Phi) is 3.27. The lowest BCUT2D eigenvalue weighted by Gasteiger charge is -2.14. The molecule has 0 aliphatic carbocycles. The van der Waals surface area contributed by atoms with Gasteiger partial charge in [-0.2, -0.15) is 18.2 Å². The van der Waals surface area contributed by atoms with Gasteiger partial charge in [-0.25, -0.2) is 4.79 Å². The van der Waals surface area contributed by atoms with Gasteiger partial charge in [-0.3, -0.25) is 0 Å². The molecule has 0 aliphatic heterocycles. The number of halogens is 3. The van der Waals surface area contributed by atoms with Gasteiger partial charge in [0.25, 0.3) is 0 Å². The number of hydrogen-bond acceptors (Lipinski definition) is 2. The Morgan fingerprint density at radius 2 is 1.93 bits per heavy atom. The van der Waals surface area contributed by atoms with E-state index in [9.17, 15) is 18.0 Å². The van der Waals surface area contributed by atoms with Crippen molar-refractivity contribution in [3.8, 4) is 0 Å². The van der Waals surface area contributed by atoms with E-state index in [4.69, 9.17) is 0 Å². The number of alkyl halides is 3. The van der Waals surface area contributed by atoms with E-state index in [0.717, 1.165) is 6.07 Å². The normalized spacial score (nSPS) is 13.1. The molecule has 0 N–H and O–H groups in total. The predicted octanol–water partition coefficient (Wildman–Crippen LogP) is 3.10. The molecule has 1 aromatic carbocycles. The highest BCUT2D eigenvalue weighted by atomic mass is 19.4. The summed E-state index contributed by atoms with van der Waals surface area (Å²) < 4.78 is 37.5. The van der Waals surface area contributed by atoms with Crippen LogP contribution in [-0.4, -0.2) is 6.08 Å².